The van der Waals surface area contributed by atoms with E-state index in [2.05, 4.69) is 27.2 Å². The van der Waals surface area contributed by atoms with Gasteiger partial charge in [0.25, 0.3) is 5.91 Å². The van der Waals surface area contributed by atoms with Gasteiger partial charge in [-0.15, -0.1) is 0 Å². The van der Waals surface area contributed by atoms with E-state index in [4.69, 9.17) is 0 Å². The number of aryl methyl sites for hydroxylation is 1. The SMILES string of the molecule is Cc1cccc(NC(=O)c2ccccc2NC(=O)C(=O)N/N=C/c2c3ccccc3cc3ccccc23)c1. The van der Waals surface area contributed by atoms with Crippen LogP contribution in [0.4, 0.5) is 11.4 Å². The maximum atomic E-state index is 12.9. The van der Waals surface area contributed by atoms with Crippen LogP contribution in [0.15, 0.2) is 108 Å². The lowest BCUT2D eigenvalue weighted by Crippen LogP contribution is -2.33. The molecule has 0 saturated heterocycles. The molecule has 5 aromatic rings. The van der Waals surface area contributed by atoms with Gasteiger partial charge in [0.2, 0.25) is 0 Å². The highest BCUT2D eigenvalue weighted by Gasteiger charge is 2.18. The lowest BCUT2D eigenvalue weighted by molar-refractivity contribution is -0.136. The van der Waals surface area contributed by atoms with Crippen LogP contribution in [0.5, 0.6) is 0 Å². The second kappa shape index (κ2) is 10.8. The molecular weight excluding hydrogens is 476 g/mol. The third kappa shape index (κ3) is 5.27. The molecule has 0 aliphatic rings. The van der Waals surface area contributed by atoms with E-state index in [0.29, 0.717) is 5.69 Å². The highest BCUT2D eigenvalue weighted by molar-refractivity contribution is 6.40. The van der Waals surface area contributed by atoms with E-state index in [1.165, 1.54) is 0 Å². The van der Waals surface area contributed by atoms with Gasteiger partial charge in [0.15, 0.2) is 0 Å². The fraction of sp³-hybridized carbons (Fsp3) is 0.0323. The van der Waals surface area contributed by atoms with Crippen molar-refractivity contribution < 1.29 is 14.4 Å². The van der Waals surface area contributed by atoms with Gasteiger partial charge in [-0.1, -0.05) is 72.8 Å². The fourth-order valence-corrected chi connectivity index (χ4v) is 4.28. The number of nitrogens with zero attached hydrogens (tertiary/aromatic N) is 1. The zero-order valence-corrected chi connectivity index (χ0v) is 20.6. The van der Waals surface area contributed by atoms with Crippen molar-refractivity contribution >= 4 is 56.9 Å². The van der Waals surface area contributed by atoms with Gasteiger partial charge in [0.05, 0.1) is 17.5 Å². The number of carbonyl (C=O) groups is 3. The third-order valence-corrected chi connectivity index (χ3v) is 6.07. The van der Waals surface area contributed by atoms with Gasteiger partial charge in [-0.2, -0.15) is 5.10 Å². The molecule has 0 radical (unpaired) electrons. The van der Waals surface area contributed by atoms with E-state index in [-0.39, 0.29) is 11.3 Å². The largest absolute Gasteiger partial charge is 0.329 e. The van der Waals surface area contributed by atoms with E-state index in [0.717, 1.165) is 32.7 Å². The minimum Gasteiger partial charge on any atom is -0.322 e. The summed E-state index contributed by atoms with van der Waals surface area (Å²) in [5, 5.41) is 13.4. The Labute approximate surface area is 219 Å². The second-order valence-corrected chi connectivity index (χ2v) is 8.75. The number of hydrazone groups is 1. The van der Waals surface area contributed by atoms with Crippen molar-refractivity contribution in [3.05, 3.63) is 120 Å². The Morgan fingerprint density at radius 1 is 0.684 bits per heavy atom. The topological polar surface area (TPSA) is 99.7 Å². The Bertz CT molecular complexity index is 1670. The van der Waals surface area contributed by atoms with Crippen LogP contribution in [-0.2, 0) is 9.59 Å². The Hall–Kier alpha value is -5.30. The number of hydrogen-bond donors (Lipinski definition) is 3. The molecule has 0 saturated carbocycles. The van der Waals surface area contributed by atoms with Crippen molar-refractivity contribution in [2.24, 2.45) is 5.10 Å². The fourth-order valence-electron chi connectivity index (χ4n) is 4.28. The normalized spacial score (nSPS) is 11.0. The van der Waals surface area contributed by atoms with Crippen molar-refractivity contribution in [3.63, 3.8) is 0 Å². The highest BCUT2D eigenvalue weighted by atomic mass is 16.2. The number of anilines is 2. The van der Waals surface area contributed by atoms with Crippen LogP contribution >= 0.6 is 0 Å². The summed E-state index contributed by atoms with van der Waals surface area (Å²) in [7, 11) is 0. The maximum Gasteiger partial charge on any atom is 0.329 e. The van der Waals surface area contributed by atoms with Crippen molar-refractivity contribution in [1.29, 1.82) is 0 Å². The predicted octanol–water partition coefficient (Wildman–Crippen LogP) is 5.64. The zero-order valence-electron chi connectivity index (χ0n) is 20.6. The number of amides is 3. The van der Waals surface area contributed by atoms with Crippen LogP contribution in [0.3, 0.4) is 0 Å². The standard InChI is InChI=1S/C31H24N4O3/c1-20-9-8-12-23(17-20)33-29(36)26-15-6-7-16-28(26)34-30(37)31(38)35-32-19-27-24-13-4-2-10-21(24)18-22-11-3-5-14-25(22)27/h2-19H,1H3,(H,33,36)(H,34,37)(H,35,38)/b32-19+. The number of hydrogen-bond acceptors (Lipinski definition) is 4. The van der Waals surface area contributed by atoms with E-state index < -0.39 is 17.7 Å². The first-order valence-corrected chi connectivity index (χ1v) is 12.0. The quantitative estimate of drug-likeness (QED) is 0.126. The van der Waals surface area contributed by atoms with Gasteiger partial charge in [0.1, 0.15) is 0 Å². The smallest absolute Gasteiger partial charge is 0.322 e. The summed E-state index contributed by atoms with van der Waals surface area (Å²) in [4.78, 5) is 38.0. The third-order valence-electron chi connectivity index (χ3n) is 6.07. The van der Waals surface area contributed by atoms with E-state index in [1.807, 2.05) is 73.7 Å². The molecule has 7 nitrogen and oxygen atoms in total. The second-order valence-electron chi connectivity index (χ2n) is 8.75. The van der Waals surface area contributed by atoms with Crippen molar-refractivity contribution in [2.75, 3.05) is 10.6 Å². The van der Waals surface area contributed by atoms with Crippen molar-refractivity contribution in [3.8, 4) is 0 Å². The molecule has 3 N–H and O–H groups in total. The molecule has 0 aliphatic heterocycles. The molecule has 0 bridgehead atoms. The summed E-state index contributed by atoms with van der Waals surface area (Å²) in [6, 6.07) is 31.7. The summed E-state index contributed by atoms with van der Waals surface area (Å²) in [6.45, 7) is 1.92. The first kappa shape index (κ1) is 24.4. The van der Waals surface area contributed by atoms with Crippen molar-refractivity contribution in [2.45, 2.75) is 6.92 Å². The van der Waals surface area contributed by atoms with E-state index in [1.54, 1.807) is 36.5 Å². The van der Waals surface area contributed by atoms with Crippen LogP contribution in [0, 0.1) is 6.92 Å². The lowest BCUT2D eigenvalue weighted by atomic mass is 9.97. The molecule has 38 heavy (non-hydrogen) atoms. The minimum atomic E-state index is -0.959. The zero-order chi connectivity index (χ0) is 26.5. The van der Waals surface area contributed by atoms with E-state index in [9.17, 15) is 14.4 Å². The van der Waals surface area contributed by atoms with Gasteiger partial charge in [-0.25, -0.2) is 5.43 Å². The monoisotopic (exact) mass is 500 g/mol. The van der Waals surface area contributed by atoms with Gasteiger partial charge in [-0.3, -0.25) is 14.4 Å². The number of para-hydroxylation sites is 1. The molecular formula is C31H24N4O3. The number of nitrogens with one attached hydrogen (secondary N) is 3. The molecule has 0 aliphatic carbocycles. The molecule has 0 atom stereocenters. The van der Waals surface area contributed by atoms with Crippen LogP contribution in [0.2, 0.25) is 0 Å². The molecule has 0 spiro atoms. The first-order chi connectivity index (χ1) is 18.5. The Morgan fingerprint density at radius 2 is 1.34 bits per heavy atom. The number of benzene rings is 5. The number of fused-ring (bicyclic) bond motifs is 2. The van der Waals surface area contributed by atoms with Crippen LogP contribution in [0.25, 0.3) is 21.5 Å². The lowest BCUT2D eigenvalue weighted by Gasteiger charge is -2.11. The Kier molecular flexibility index (Phi) is 6.91. The maximum absolute atomic E-state index is 12.9. The molecule has 0 heterocycles. The van der Waals surface area contributed by atoms with Crippen LogP contribution in [-0.4, -0.2) is 23.9 Å². The molecule has 0 unspecified atom stereocenters. The average molecular weight is 501 g/mol. The van der Waals surface area contributed by atoms with Crippen molar-refractivity contribution in [1.82, 2.24) is 5.43 Å². The van der Waals surface area contributed by atoms with Gasteiger partial charge in [0, 0.05) is 11.3 Å². The first-order valence-electron chi connectivity index (χ1n) is 12.0. The molecule has 7 heteroatoms. The van der Waals surface area contributed by atoms with Gasteiger partial charge in [-0.05, 0) is 64.4 Å². The summed E-state index contributed by atoms with van der Waals surface area (Å²) in [5.41, 5.74) is 5.18. The van der Waals surface area contributed by atoms with E-state index >= 15 is 0 Å². The number of rotatable bonds is 5. The molecule has 5 rings (SSSR count). The number of carbonyl (C=O) groups excluding carboxylic acids is 3. The summed E-state index contributed by atoms with van der Waals surface area (Å²) in [5.74, 6) is -2.31. The Morgan fingerprint density at radius 3 is 2.05 bits per heavy atom. The predicted molar refractivity (Wildman–Crippen MR) is 151 cm³/mol. The highest BCUT2D eigenvalue weighted by Crippen LogP contribution is 2.27. The molecule has 5 aromatic carbocycles. The van der Waals surface area contributed by atoms with Crippen LogP contribution < -0.4 is 16.1 Å². The molecule has 0 aromatic heterocycles. The molecule has 3 amide bonds. The minimum absolute atomic E-state index is 0.210. The average Bonchev–Trinajstić information content (AvgIpc) is 2.92. The van der Waals surface area contributed by atoms with Gasteiger partial charge >= 0.3 is 11.8 Å². The molecule has 0 fully saturated rings. The van der Waals surface area contributed by atoms with Gasteiger partial charge < -0.3 is 10.6 Å². The van der Waals surface area contributed by atoms with Crippen LogP contribution in [0.1, 0.15) is 21.5 Å². The molecule has 186 valence electrons. The summed E-state index contributed by atoms with van der Waals surface area (Å²) in [6.07, 6.45) is 1.54. The summed E-state index contributed by atoms with van der Waals surface area (Å²) < 4.78 is 0. The summed E-state index contributed by atoms with van der Waals surface area (Å²) >= 11 is 0. The Balaban J connectivity index is 1.31.